The molecule has 0 fully saturated rings. The molecule has 0 radical (unpaired) electrons. The van der Waals surface area contributed by atoms with Crippen LogP contribution in [0.3, 0.4) is 0 Å². The Morgan fingerprint density at radius 2 is 1.29 bits per heavy atom. The van der Waals surface area contributed by atoms with E-state index < -0.39 is 0 Å². The summed E-state index contributed by atoms with van der Waals surface area (Å²) < 4.78 is 12.0. The molecule has 38 heavy (non-hydrogen) atoms. The van der Waals surface area contributed by atoms with Gasteiger partial charge in [-0.05, 0) is 61.1 Å². The third-order valence-corrected chi connectivity index (χ3v) is 8.54. The van der Waals surface area contributed by atoms with Crippen molar-refractivity contribution in [2.45, 2.75) is 129 Å². The van der Waals surface area contributed by atoms with Crippen molar-refractivity contribution in [3.63, 3.8) is 0 Å². The lowest BCUT2D eigenvalue weighted by Gasteiger charge is -2.17. The molecular weight excluding hydrogens is 464 g/mol. The third kappa shape index (κ3) is 8.08. The van der Waals surface area contributed by atoms with Crippen LogP contribution in [0.1, 0.15) is 126 Å². The Bertz CT molecular complexity index is 1120. The Hall–Kier alpha value is -2.35. The predicted molar refractivity (Wildman–Crippen MR) is 163 cm³/mol. The second-order valence-corrected chi connectivity index (χ2v) is 11.5. The van der Waals surface area contributed by atoms with Gasteiger partial charge >= 0.3 is 11.3 Å². The van der Waals surface area contributed by atoms with Crippen LogP contribution in [0, 0.1) is 0 Å². The van der Waals surface area contributed by atoms with Gasteiger partial charge in [0.05, 0.1) is 23.6 Å². The van der Waals surface area contributed by atoms with Gasteiger partial charge < -0.3 is 4.74 Å². The maximum absolute atomic E-state index is 6.52. The summed E-state index contributed by atoms with van der Waals surface area (Å²) in [6.07, 6.45) is 25.9. The number of methoxy groups -OCH3 is 1. The van der Waals surface area contributed by atoms with E-state index in [-0.39, 0.29) is 0 Å². The number of hydrogen-bond donors (Lipinski definition) is 0. The molecule has 1 aromatic heterocycles. The maximum Gasteiger partial charge on any atom is 0.364 e. The summed E-state index contributed by atoms with van der Waals surface area (Å²) in [4.78, 5) is 0. The molecule has 0 aliphatic heterocycles. The minimum atomic E-state index is 0.932. The van der Waals surface area contributed by atoms with Crippen molar-refractivity contribution in [2.75, 3.05) is 7.11 Å². The van der Waals surface area contributed by atoms with Crippen LogP contribution < -0.4 is 4.74 Å². The fourth-order valence-electron chi connectivity index (χ4n) is 6.28. The first kappa shape index (κ1) is 28.7. The smallest absolute Gasteiger partial charge is 0.364 e. The van der Waals surface area contributed by atoms with Crippen LogP contribution in [-0.2, 0) is 19.3 Å². The zero-order valence-electron chi connectivity index (χ0n) is 24.3. The zero-order chi connectivity index (χ0) is 26.4. The number of unbranched alkanes of at least 4 members (excludes halogenated alkanes) is 15. The second-order valence-electron chi connectivity index (χ2n) is 11.5. The third-order valence-electron chi connectivity index (χ3n) is 8.54. The average Bonchev–Trinajstić information content (AvgIpc) is 2.96. The van der Waals surface area contributed by atoms with Crippen LogP contribution in [0.25, 0.3) is 22.3 Å². The van der Waals surface area contributed by atoms with Crippen LogP contribution in [0.15, 0.2) is 46.9 Å². The van der Waals surface area contributed by atoms with Gasteiger partial charge in [-0.25, -0.2) is 4.42 Å². The molecule has 1 aliphatic carbocycles. The van der Waals surface area contributed by atoms with Crippen LogP contribution >= 0.6 is 0 Å². The molecule has 0 bridgehead atoms. The predicted octanol–water partition coefficient (Wildman–Crippen LogP) is 11.3. The Labute approximate surface area is 232 Å². The number of fused-ring (bicyclic) bond motifs is 4. The Kier molecular flexibility index (Phi) is 12.0. The number of rotatable bonds is 18. The van der Waals surface area contributed by atoms with E-state index in [1.165, 1.54) is 130 Å². The van der Waals surface area contributed by atoms with Gasteiger partial charge in [0.15, 0.2) is 0 Å². The van der Waals surface area contributed by atoms with Gasteiger partial charge in [-0.1, -0.05) is 115 Å². The molecule has 206 valence electrons. The fraction of sp³-hybridized carbons (Fsp3) is 0.583. The Morgan fingerprint density at radius 1 is 0.684 bits per heavy atom. The summed E-state index contributed by atoms with van der Waals surface area (Å²) in [6, 6.07) is 15.1. The highest BCUT2D eigenvalue weighted by Gasteiger charge is 2.31. The molecule has 2 aromatic carbocycles. The summed E-state index contributed by atoms with van der Waals surface area (Å²) in [7, 11) is 1.74. The van der Waals surface area contributed by atoms with Crippen molar-refractivity contribution < 1.29 is 9.15 Å². The molecule has 0 amide bonds. The SMILES string of the molecule is CCCCCCCCCCCCCCCCCCc1c2c([o+]c3ccccc13)-c1ccc(OC)cc1CC2. The summed E-state index contributed by atoms with van der Waals surface area (Å²) in [5.74, 6) is 2.01. The van der Waals surface area contributed by atoms with Gasteiger partial charge in [0.25, 0.3) is 0 Å². The van der Waals surface area contributed by atoms with Crippen LogP contribution in [0.2, 0.25) is 0 Å². The van der Waals surface area contributed by atoms with E-state index in [0.29, 0.717) is 0 Å². The Balaban J connectivity index is 1.19. The molecule has 0 atom stereocenters. The number of ether oxygens (including phenoxy) is 1. The van der Waals surface area contributed by atoms with Gasteiger partial charge in [0.2, 0.25) is 0 Å². The monoisotopic (exact) mass is 515 g/mol. The van der Waals surface area contributed by atoms with Crippen molar-refractivity contribution >= 4 is 11.0 Å². The number of aryl methyl sites for hydroxylation is 2. The molecule has 3 aromatic rings. The summed E-state index contributed by atoms with van der Waals surface area (Å²) in [5, 5.41) is 1.31. The van der Waals surface area contributed by atoms with Gasteiger partial charge in [-0.3, -0.25) is 0 Å². The van der Waals surface area contributed by atoms with Crippen molar-refractivity contribution in [3.05, 3.63) is 59.2 Å². The van der Waals surface area contributed by atoms with E-state index in [2.05, 4.69) is 49.4 Å². The molecule has 1 aliphatic rings. The highest BCUT2D eigenvalue weighted by Crippen LogP contribution is 2.40. The van der Waals surface area contributed by atoms with E-state index >= 15 is 0 Å². The Morgan fingerprint density at radius 3 is 1.92 bits per heavy atom. The first-order chi connectivity index (χ1) is 18.8. The second kappa shape index (κ2) is 15.9. The number of para-hydroxylation sites is 1. The minimum Gasteiger partial charge on any atom is -0.497 e. The van der Waals surface area contributed by atoms with Crippen molar-refractivity contribution in [3.8, 4) is 17.1 Å². The number of benzene rings is 2. The average molecular weight is 516 g/mol. The molecule has 0 spiro atoms. The molecule has 0 N–H and O–H groups in total. The quantitative estimate of drug-likeness (QED) is 0.124. The first-order valence-corrected chi connectivity index (χ1v) is 15.9. The minimum absolute atomic E-state index is 0.932. The molecule has 2 nitrogen and oxygen atoms in total. The molecule has 2 heteroatoms. The van der Waals surface area contributed by atoms with Gasteiger partial charge in [-0.15, -0.1) is 0 Å². The molecule has 0 saturated carbocycles. The molecule has 0 unspecified atom stereocenters. The van der Waals surface area contributed by atoms with Crippen molar-refractivity contribution in [2.24, 2.45) is 0 Å². The van der Waals surface area contributed by atoms with E-state index in [1.54, 1.807) is 7.11 Å². The van der Waals surface area contributed by atoms with Gasteiger partial charge in [0.1, 0.15) is 5.75 Å². The zero-order valence-corrected chi connectivity index (χ0v) is 24.3. The molecular formula is C36H51O2+. The summed E-state index contributed by atoms with van der Waals surface area (Å²) in [5.41, 5.74) is 6.55. The van der Waals surface area contributed by atoms with Gasteiger partial charge in [0, 0.05) is 6.07 Å². The summed E-state index contributed by atoms with van der Waals surface area (Å²) in [6.45, 7) is 2.30. The molecule has 4 rings (SSSR count). The van der Waals surface area contributed by atoms with E-state index in [9.17, 15) is 0 Å². The lowest BCUT2D eigenvalue weighted by Crippen LogP contribution is -2.08. The number of hydrogen-bond acceptors (Lipinski definition) is 1. The van der Waals surface area contributed by atoms with Gasteiger partial charge in [-0.2, -0.15) is 0 Å². The normalized spacial score (nSPS) is 12.5. The maximum atomic E-state index is 6.52. The highest BCUT2D eigenvalue weighted by molar-refractivity contribution is 5.86. The van der Waals surface area contributed by atoms with Crippen molar-refractivity contribution in [1.29, 1.82) is 0 Å². The largest absolute Gasteiger partial charge is 0.497 e. The van der Waals surface area contributed by atoms with Crippen LogP contribution in [0.5, 0.6) is 5.75 Å². The van der Waals surface area contributed by atoms with E-state index in [4.69, 9.17) is 9.15 Å². The highest BCUT2D eigenvalue weighted by atomic mass is 16.5. The summed E-state index contributed by atoms with van der Waals surface area (Å²) >= 11 is 0. The van der Waals surface area contributed by atoms with E-state index in [1.807, 2.05) is 0 Å². The molecule has 1 heterocycles. The van der Waals surface area contributed by atoms with Crippen LogP contribution in [-0.4, -0.2) is 7.11 Å². The van der Waals surface area contributed by atoms with Crippen LogP contribution in [0.4, 0.5) is 0 Å². The standard InChI is InChI=1S/C36H51O2/c1-3-4-5-6-7-8-9-10-11-12-13-14-15-16-17-18-21-32-33-22-19-20-23-35(33)38-36-31-27-25-30(37-2)28-29(31)24-26-34(32)36/h19-20,22-23,25,27-28H,3-18,21,24,26H2,1-2H3/q+1. The van der Waals surface area contributed by atoms with E-state index in [0.717, 1.165) is 36.4 Å². The fourth-order valence-corrected chi connectivity index (χ4v) is 6.28. The first-order valence-electron chi connectivity index (χ1n) is 15.9. The lowest BCUT2D eigenvalue weighted by atomic mass is 9.85. The van der Waals surface area contributed by atoms with Crippen molar-refractivity contribution in [1.82, 2.24) is 0 Å². The lowest BCUT2D eigenvalue weighted by molar-refractivity contribution is 0.414. The molecule has 0 saturated heterocycles. The topological polar surface area (TPSA) is 20.5 Å².